The standard InChI is InChI=1S/C16H30N4O2/c1-14(2)19-8-4-18(5-9-19)13-16(22)20-10-6-17(7-11-20)12-15(3)21/h14H,4-13H2,1-3H3. The van der Waals surface area contributed by atoms with Gasteiger partial charge in [0.05, 0.1) is 13.1 Å². The molecule has 126 valence electrons. The Morgan fingerprint density at radius 2 is 1.32 bits per heavy atom. The lowest BCUT2D eigenvalue weighted by molar-refractivity contribution is -0.134. The second-order valence-electron chi connectivity index (χ2n) is 6.76. The van der Waals surface area contributed by atoms with Crippen LogP contribution < -0.4 is 0 Å². The Morgan fingerprint density at radius 1 is 0.818 bits per heavy atom. The molecule has 0 aliphatic carbocycles. The van der Waals surface area contributed by atoms with Crippen LogP contribution in [-0.2, 0) is 9.59 Å². The first-order valence-corrected chi connectivity index (χ1v) is 8.41. The minimum Gasteiger partial charge on any atom is -0.339 e. The smallest absolute Gasteiger partial charge is 0.236 e. The molecule has 2 heterocycles. The Kier molecular flexibility index (Phi) is 6.35. The van der Waals surface area contributed by atoms with Crippen molar-refractivity contribution in [2.24, 2.45) is 0 Å². The lowest BCUT2D eigenvalue weighted by Crippen LogP contribution is -2.54. The second kappa shape index (κ2) is 8.04. The molecule has 0 N–H and O–H groups in total. The molecule has 2 aliphatic rings. The fourth-order valence-electron chi connectivity index (χ4n) is 3.20. The van der Waals surface area contributed by atoms with Crippen molar-refractivity contribution in [1.82, 2.24) is 19.6 Å². The van der Waals surface area contributed by atoms with E-state index in [0.29, 0.717) is 19.1 Å². The lowest BCUT2D eigenvalue weighted by Gasteiger charge is -2.38. The Hall–Kier alpha value is -0.980. The van der Waals surface area contributed by atoms with Crippen molar-refractivity contribution in [3.05, 3.63) is 0 Å². The normalized spacial score (nSPS) is 22.3. The minimum absolute atomic E-state index is 0.197. The predicted octanol–water partition coefficient (Wildman–Crippen LogP) is -0.254. The molecule has 0 aromatic rings. The summed E-state index contributed by atoms with van der Waals surface area (Å²) >= 11 is 0. The fraction of sp³-hybridized carbons (Fsp3) is 0.875. The summed E-state index contributed by atoms with van der Waals surface area (Å²) in [5, 5.41) is 0. The average Bonchev–Trinajstić information content (AvgIpc) is 2.48. The molecule has 0 atom stereocenters. The molecule has 0 spiro atoms. The number of amides is 1. The summed E-state index contributed by atoms with van der Waals surface area (Å²) in [6.45, 7) is 14.3. The van der Waals surface area contributed by atoms with Crippen LogP contribution in [0.1, 0.15) is 20.8 Å². The second-order valence-corrected chi connectivity index (χ2v) is 6.76. The molecule has 0 bridgehead atoms. The van der Waals surface area contributed by atoms with Crippen LogP contribution in [0, 0.1) is 0 Å². The van der Waals surface area contributed by atoms with Gasteiger partial charge in [-0.15, -0.1) is 0 Å². The van der Waals surface area contributed by atoms with Gasteiger partial charge in [0.1, 0.15) is 5.78 Å². The molecule has 22 heavy (non-hydrogen) atoms. The summed E-state index contributed by atoms with van der Waals surface area (Å²) in [4.78, 5) is 32.3. The van der Waals surface area contributed by atoms with Crippen molar-refractivity contribution in [2.45, 2.75) is 26.8 Å². The van der Waals surface area contributed by atoms with Crippen molar-refractivity contribution < 1.29 is 9.59 Å². The van der Waals surface area contributed by atoms with E-state index in [0.717, 1.165) is 52.4 Å². The van der Waals surface area contributed by atoms with Gasteiger partial charge in [0.2, 0.25) is 5.91 Å². The summed E-state index contributed by atoms with van der Waals surface area (Å²) < 4.78 is 0. The Labute approximate surface area is 134 Å². The van der Waals surface area contributed by atoms with Crippen molar-refractivity contribution in [2.75, 3.05) is 65.4 Å². The van der Waals surface area contributed by atoms with Gasteiger partial charge in [-0.2, -0.15) is 0 Å². The molecular weight excluding hydrogens is 280 g/mol. The molecule has 6 heteroatoms. The van der Waals surface area contributed by atoms with E-state index < -0.39 is 0 Å². The van der Waals surface area contributed by atoms with Crippen LogP contribution in [0.2, 0.25) is 0 Å². The number of nitrogens with zero attached hydrogens (tertiary/aromatic N) is 4. The quantitative estimate of drug-likeness (QED) is 0.700. The highest BCUT2D eigenvalue weighted by Gasteiger charge is 2.25. The molecule has 2 saturated heterocycles. The summed E-state index contributed by atoms with van der Waals surface area (Å²) in [5.74, 6) is 0.434. The van der Waals surface area contributed by atoms with E-state index in [1.807, 2.05) is 4.90 Å². The van der Waals surface area contributed by atoms with E-state index in [1.54, 1.807) is 6.92 Å². The number of piperazine rings is 2. The van der Waals surface area contributed by atoms with Crippen molar-refractivity contribution in [1.29, 1.82) is 0 Å². The molecule has 0 radical (unpaired) electrons. The monoisotopic (exact) mass is 310 g/mol. The van der Waals surface area contributed by atoms with Gasteiger partial charge in [-0.1, -0.05) is 0 Å². The Bertz CT molecular complexity index is 384. The molecule has 0 unspecified atom stereocenters. The zero-order valence-corrected chi connectivity index (χ0v) is 14.3. The lowest BCUT2D eigenvalue weighted by atomic mass is 10.2. The van der Waals surface area contributed by atoms with Crippen LogP contribution in [0.4, 0.5) is 0 Å². The van der Waals surface area contributed by atoms with E-state index in [2.05, 4.69) is 28.5 Å². The summed E-state index contributed by atoms with van der Waals surface area (Å²) in [5.41, 5.74) is 0. The molecule has 2 fully saturated rings. The van der Waals surface area contributed by atoms with Crippen LogP contribution in [0.3, 0.4) is 0 Å². The summed E-state index contributed by atoms with van der Waals surface area (Å²) in [7, 11) is 0. The van der Waals surface area contributed by atoms with Gasteiger partial charge in [0.25, 0.3) is 0 Å². The highest BCUT2D eigenvalue weighted by atomic mass is 16.2. The maximum Gasteiger partial charge on any atom is 0.236 e. The van der Waals surface area contributed by atoms with E-state index in [1.165, 1.54) is 0 Å². The number of Topliss-reactive ketones (excluding diaryl/α,β-unsaturated/α-hetero) is 1. The number of rotatable bonds is 5. The largest absolute Gasteiger partial charge is 0.339 e. The van der Waals surface area contributed by atoms with E-state index in [-0.39, 0.29) is 11.7 Å². The van der Waals surface area contributed by atoms with Gasteiger partial charge in [0, 0.05) is 58.4 Å². The van der Waals surface area contributed by atoms with Gasteiger partial charge in [-0.05, 0) is 20.8 Å². The molecular formula is C16H30N4O2. The van der Waals surface area contributed by atoms with Crippen molar-refractivity contribution in [3.63, 3.8) is 0 Å². The van der Waals surface area contributed by atoms with Crippen LogP contribution in [-0.4, -0.2) is 103 Å². The highest BCUT2D eigenvalue weighted by molar-refractivity contribution is 5.79. The molecule has 0 aromatic carbocycles. The number of carbonyl (C=O) groups is 2. The SMILES string of the molecule is CC(=O)CN1CCN(C(=O)CN2CCN(C(C)C)CC2)CC1. The summed E-state index contributed by atoms with van der Waals surface area (Å²) in [6.07, 6.45) is 0. The third-order valence-electron chi connectivity index (χ3n) is 4.67. The van der Waals surface area contributed by atoms with Crippen LogP contribution in [0.25, 0.3) is 0 Å². The fourth-order valence-corrected chi connectivity index (χ4v) is 3.20. The van der Waals surface area contributed by atoms with Gasteiger partial charge in [0.15, 0.2) is 0 Å². The molecule has 6 nitrogen and oxygen atoms in total. The maximum absolute atomic E-state index is 12.4. The van der Waals surface area contributed by atoms with Gasteiger partial charge in [-0.3, -0.25) is 24.3 Å². The van der Waals surface area contributed by atoms with Gasteiger partial charge in [-0.25, -0.2) is 0 Å². The zero-order chi connectivity index (χ0) is 16.1. The first kappa shape index (κ1) is 17.4. The van der Waals surface area contributed by atoms with Crippen molar-refractivity contribution >= 4 is 11.7 Å². The average molecular weight is 310 g/mol. The van der Waals surface area contributed by atoms with Gasteiger partial charge < -0.3 is 4.90 Å². The molecule has 1 amide bonds. The number of hydrogen-bond acceptors (Lipinski definition) is 5. The number of ketones is 1. The number of hydrogen-bond donors (Lipinski definition) is 0. The zero-order valence-electron chi connectivity index (χ0n) is 14.3. The number of carbonyl (C=O) groups excluding carboxylic acids is 2. The molecule has 0 saturated carbocycles. The third-order valence-corrected chi connectivity index (χ3v) is 4.67. The summed E-state index contributed by atoms with van der Waals surface area (Å²) in [6, 6.07) is 0.590. The van der Waals surface area contributed by atoms with Crippen LogP contribution in [0.15, 0.2) is 0 Å². The molecule has 2 rings (SSSR count). The van der Waals surface area contributed by atoms with Crippen LogP contribution in [0.5, 0.6) is 0 Å². The first-order chi connectivity index (χ1) is 10.5. The highest BCUT2D eigenvalue weighted by Crippen LogP contribution is 2.08. The minimum atomic E-state index is 0.197. The Balaban J connectivity index is 1.69. The van der Waals surface area contributed by atoms with Crippen molar-refractivity contribution in [3.8, 4) is 0 Å². The topological polar surface area (TPSA) is 47.1 Å². The van der Waals surface area contributed by atoms with E-state index in [9.17, 15) is 9.59 Å². The predicted molar refractivity (Wildman–Crippen MR) is 86.9 cm³/mol. The van der Waals surface area contributed by atoms with Gasteiger partial charge >= 0.3 is 0 Å². The van der Waals surface area contributed by atoms with Crippen LogP contribution >= 0.6 is 0 Å². The third kappa shape index (κ3) is 5.04. The van der Waals surface area contributed by atoms with E-state index in [4.69, 9.17) is 0 Å². The molecule has 2 aliphatic heterocycles. The maximum atomic E-state index is 12.4. The first-order valence-electron chi connectivity index (χ1n) is 8.41. The Morgan fingerprint density at radius 3 is 1.82 bits per heavy atom. The molecule has 0 aromatic heterocycles. The van der Waals surface area contributed by atoms with E-state index >= 15 is 0 Å².